The maximum absolute atomic E-state index is 11.0. The third-order valence-corrected chi connectivity index (χ3v) is 3.55. The number of halogens is 1. The lowest BCUT2D eigenvalue weighted by Gasteiger charge is -2.19. The van der Waals surface area contributed by atoms with Crippen LogP contribution in [0.2, 0.25) is 0 Å². The summed E-state index contributed by atoms with van der Waals surface area (Å²) in [4.78, 5) is 10.7. The van der Waals surface area contributed by atoms with Crippen molar-refractivity contribution in [3.63, 3.8) is 0 Å². The zero-order chi connectivity index (χ0) is 14.3. The number of nitrogens with zero attached hydrogens (tertiary/aromatic N) is 1. The van der Waals surface area contributed by atoms with Crippen LogP contribution >= 0.6 is 15.9 Å². The fraction of sp³-hybridized carbons (Fsp3) is 0.571. The molecule has 0 aromatic heterocycles. The summed E-state index contributed by atoms with van der Waals surface area (Å²) in [5.41, 5.74) is 0.745. The quantitative estimate of drug-likeness (QED) is 0.531. The first-order valence-electron chi connectivity index (χ1n) is 6.79. The normalized spacial score (nSPS) is 12.2. The Hall–Kier alpha value is -1.10. The summed E-state index contributed by atoms with van der Waals surface area (Å²) in [7, 11) is 0. The molecular formula is C14H21BrN2O2. The summed E-state index contributed by atoms with van der Waals surface area (Å²) in [5.74, 6) is 0. The highest BCUT2D eigenvalue weighted by molar-refractivity contribution is 9.10. The Kier molecular flexibility index (Phi) is 6.84. The van der Waals surface area contributed by atoms with Crippen molar-refractivity contribution in [1.82, 2.24) is 0 Å². The largest absolute Gasteiger partial charge is 0.377 e. The number of unbranched alkanes of at least 4 members (excludes halogenated alkanes) is 1. The second-order valence-corrected chi connectivity index (χ2v) is 5.61. The molecule has 1 rings (SSSR count). The van der Waals surface area contributed by atoms with E-state index in [2.05, 4.69) is 35.1 Å². The van der Waals surface area contributed by atoms with Gasteiger partial charge in [-0.3, -0.25) is 10.1 Å². The SMILES string of the molecule is CCCCC(CCC)Nc1cc(Br)ccc1[N+](=O)[O-]. The first-order valence-corrected chi connectivity index (χ1v) is 7.58. The van der Waals surface area contributed by atoms with Gasteiger partial charge >= 0.3 is 0 Å². The highest BCUT2D eigenvalue weighted by Gasteiger charge is 2.16. The number of rotatable bonds is 8. The Balaban J connectivity index is 2.87. The predicted molar refractivity (Wildman–Crippen MR) is 82.6 cm³/mol. The number of nitro benzene ring substituents is 1. The van der Waals surface area contributed by atoms with E-state index in [0.717, 1.165) is 36.6 Å². The van der Waals surface area contributed by atoms with Gasteiger partial charge in [-0.2, -0.15) is 0 Å². The van der Waals surface area contributed by atoms with Gasteiger partial charge in [0.25, 0.3) is 5.69 Å². The van der Waals surface area contributed by atoms with E-state index in [4.69, 9.17) is 0 Å². The molecule has 0 heterocycles. The molecule has 106 valence electrons. The number of nitro groups is 1. The lowest BCUT2D eigenvalue weighted by Crippen LogP contribution is -2.19. The second-order valence-electron chi connectivity index (χ2n) is 4.69. The van der Waals surface area contributed by atoms with Crippen LogP contribution in [0.3, 0.4) is 0 Å². The molecule has 0 bridgehead atoms. The number of nitrogens with one attached hydrogen (secondary N) is 1. The molecule has 1 atom stereocenters. The Labute approximate surface area is 122 Å². The van der Waals surface area contributed by atoms with Crippen LogP contribution in [-0.4, -0.2) is 11.0 Å². The van der Waals surface area contributed by atoms with Crippen LogP contribution < -0.4 is 5.32 Å². The molecule has 1 aromatic carbocycles. The Morgan fingerprint density at radius 1 is 1.32 bits per heavy atom. The minimum absolute atomic E-state index is 0.140. The van der Waals surface area contributed by atoms with Crippen molar-refractivity contribution in [2.75, 3.05) is 5.32 Å². The van der Waals surface area contributed by atoms with E-state index in [1.807, 2.05) is 0 Å². The summed E-state index contributed by atoms with van der Waals surface area (Å²) < 4.78 is 0.853. The molecule has 1 aromatic rings. The minimum atomic E-state index is -0.336. The van der Waals surface area contributed by atoms with E-state index < -0.39 is 0 Å². The van der Waals surface area contributed by atoms with Crippen molar-refractivity contribution >= 4 is 27.3 Å². The van der Waals surface area contributed by atoms with E-state index in [-0.39, 0.29) is 10.6 Å². The molecule has 0 saturated carbocycles. The average molecular weight is 329 g/mol. The van der Waals surface area contributed by atoms with Crippen LogP contribution in [-0.2, 0) is 0 Å². The van der Waals surface area contributed by atoms with Crippen molar-refractivity contribution in [3.05, 3.63) is 32.8 Å². The summed E-state index contributed by atoms with van der Waals surface area (Å²) in [6.45, 7) is 4.29. The molecule has 0 spiro atoms. The van der Waals surface area contributed by atoms with Crippen molar-refractivity contribution in [3.8, 4) is 0 Å². The highest BCUT2D eigenvalue weighted by Crippen LogP contribution is 2.29. The summed E-state index contributed by atoms with van der Waals surface area (Å²) in [6.07, 6.45) is 5.43. The molecule has 1 N–H and O–H groups in total. The molecule has 0 aliphatic heterocycles. The molecule has 19 heavy (non-hydrogen) atoms. The number of hydrogen-bond acceptors (Lipinski definition) is 3. The fourth-order valence-corrected chi connectivity index (χ4v) is 2.45. The average Bonchev–Trinajstić information content (AvgIpc) is 2.36. The summed E-state index contributed by atoms with van der Waals surface area (Å²) >= 11 is 3.36. The van der Waals surface area contributed by atoms with Gasteiger partial charge in [0, 0.05) is 16.6 Å². The van der Waals surface area contributed by atoms with Gasteiger partial charge in [-0.15, -0.1) is 0 Å². The van der Waals surface area contributed by atoms with Crippen LogP contribution in [0.1, 0.15) is 46.0 Å². The minimum Gasteiger partial charge on any atom is -0.377 e. The van der Waals surface area contributed by atoms with E-state index >= 15 is 0 Å². The standard InChI is InChI=1S/C14H21BrN2O2/c1-3-5-7-12(6-4-2)16-13-10-11(15)8-9-14(13)17(18)19/h8-10,12,16H,3-7H2,1-2H3. The predicted octanol–water partition coefficient (Wildman–Crippen LogP) is 5.13. The lowest BCUT2D eigenvalue weighted by atomic mass is 10.0. The van der Waals surface area contributed by atoms with Crippen LogP contribution in [0.15, 0.2) is 22.7 Å². The third-order valence-electron chi connectivity index (χ3n) is 3.06. The molecule has 0 aliphatic rings. The van der Waals surface area contributed by atoms with Gasteiger partial charge in [0.15, 0.2) is 0 Å². The molecule has 0 radical (unpaired) electrons. The fourth-order valence-electron chi connectivity index (χ4n) is 2.09. The van der Waals surface area contributed by atoms with Crippen molar-refractivity contribution in [2.24, 2.45) is 0 Å². The smallest absolute Gasteiger partial charge is 0.292 e. The van der Waals surface area contributed by atoms with Crippen LogP contribution in [0.5, 0.6) is 0 Å². The molecule has 0 aliphatic carbocycles. The first-order chi connectivity index (χ1) is 9.08. The molecule has 4 nitrogen and oxygen atoms in total. The van der Waals surface area contributed by atoms with Gasteiger partial charge in [0.2, 0.25) is 0 Å². The number of anilines is 1. The third kappa shape index (κ3) is 5.19. The van der Waals surface area contributed by atoms with Crippen LogP contribution in [0, 0.1) is 10.1 Å². The summed E-state index contributed by atoms with van der Waals surface area (Å²) in [5, 5.41) is 14.4. The zero-order valence-electron chi connectivity index (χ0n) is 11.5. The van der Waals surface area contributed by atoms with Gasteiger partial charge < -0.3 is 5.32 Å². The van der Waals surface area contributed by atoms with Gasteiger partial charge in [-0.05, 0) is 25.0 Å². The van der Waals surface area contributed by atoms with Gasteiger partial charge in [-0.1, -0.05) is 49.0 Å². The first kappa shape index (κ1) is 16.0. The molecule has 1 unspecified atom stereocenters. The van der Waals surface area contributed by atoms with E-state index in [1.165, 1.54) is 6.07 Å². The topological polar surface area (TPSA) is 55.2 Å². The number of benzene rings is 1. The van der Waals surface area contributed by atoms with Gasteiger partial charge in [-0.25, -0.2) is 0 Å². The van der Waals surface area contributed by atoms with Gasteiger partial charge in [0.05, 0.1) is 4.92 Å². The number of hydrogen-bond donors (Lipinski definition) is 1. The maximum Gasteiger partial charge on any atom is 0.292 e. The van der Waals surface area contributed by atoms with E-state index in [0.29, 0.717) is 11.7 Å². The molecule has 5 heteroatoms. The molecule has 0 saturated heterocycles. The summed E-state index contributed by atoms with van der Waals surface area (Å²) in [6, 6.07) is 5.32. The Morgan fingerprint density at radius 3 is 2.63 bits per heavy atom. The van der Waals surface area contributed by atoms with E-state index in [1.54, 1.807) is 12.1 Å². The molecule has 0 amide bonds. The Morgan fingerprint density at radius 2 is 2.05 bits per heavy atom. The van der Waals surface area contributed by atoms with Crippen molar-refractivity contribution in [2.45, 2.75) is 52.0 Å². The maximum atomic E-state index is 11.0. The second kappa shape index (κ2) is 8.15. The van der Waals surface area contributed by atoms with Crippen molar-refractivity contribution in [1.29, 1.82) is 0 Å². The lowest BCUT2D eigenvalue weighted by molar-refractivity contribution is -0.384. The van der Waals surface area contributed by atoms with Crippen molar-refractivity contribution < 1.29 is 4.92 Å². The zero-order valence-corrected chi connectivity index (χ0v) is 13.1. The monoisotopic (exact) mass is 328 g/mol. The Bertz CT molecular complexity index is 424. The van der Waals surface area contributed by atoms with Gasteiger partial charge in [0.1, 0.15) is 5.69 Å². The van der Waals surface area contributed by atoms with E-state index in [9.17, 15) is 10.1 Å². The van der Waals surface area contributed by atoms with Crippen LogP contribution in [0.4, 0.5) is 11.4 Å². The molecule has 0 fully saturated rings. The highest BCUT2D eigenvalue weighted by atomic mass is 79.9. The molecular weight excluding hydrogens is 308 g/mol. The van der Waals surface area contributed by atoms with Crippen LogP contribution in [0.25, 0.3) is 0 Å².